The molecule has 0 spiro atoms. The molecule has 0 heterocycles. The summed E-state index contributed by atoms with van der Waals surface area (Å²) >= 11 is 0. The molecule has 1 amide bonds. The number of para-hydroxylation sites is 2. The lowest BCUT2D eigenvalue weighted by Gasteiger charge is -2.26. The summed E-state index contributed by atoms with van der Waals surface area (Å²) in [5.41, 5.74) is 1.53. The normalized spacial score (nSPS) is 10.9. The molecule has 0 radical (unpaired) electrons. The summed E-state index contributed by atoms with van der Waals surface area (Å²) in [6, 6.07) is 18.1. The fourth-order valence-corrected chi connectivity index (χ4v) is 4.72. The van der Waals surface area contributed by atoms with Crippen LogP contribution in [0.3, 0.4) is 0 Å². The molecule has 0 aliphatic rings. The van der Waals surface area contributed by atoms with Crippen LogP contribution in [0.4, 0.5) is 11.4 Å². The van der Waals surface area contributed by atoms with Crippen LogP contribution >= 0.6 is 0 Å². The standard InChI is InChI=1S/C25H28N2O6S/c1-5-33-23-9-7-6-8-21(23)26-25(28)17-27(22-16-19(31-3)12-15-24(22)32-4)34(29,30)20-13-10-18(2)11-14-20/h6-16H,5,17H2,1-4H3,(H,26,28). The molecule has 0 atom stereocenters. The molecule has 0 aliphatic heterocycles. The fourth-order valence-electron chi connectivity index (χ4n) is 3.30. The minimum Gasteiger partial charge on any atom is -0.497 e. The van der Waals surface area contributed by atoms with Crippen molar-refractivity contribution in [2.75, 3.05) is 37.0 Å². The first-order valence-electron chi connectivity index (χ1n) is 10.6. The molecule has 180 valence electrons. The molecular weight excluding hydrogens is 456 g/mol. The largest absolute Gasteiger partial charge is 0.497 e. The Kier molecular flexibility index (Phi) is 8.01. The summed E-state index contributed by atoms with van der Waals surface area (Å²) in [6.07, 6.45) is 0. The second-order valence-electron chi connectivity index (χ2n) is 7.34. The monoisotopic (exact) mass is 484 g/mol. The molecule has 3 aromatic rings. The Bertz CT molecular complexity index is 1240. The van der Waals surface area contributed by atoms with Crippen LogP contribution in [0.2, 0.25) is 0 Å². The third-order valence-corrected chi connectivity index (χ3v) is 6.79. The number of methoxy groups -OCH3 is 2. The zero-order chi connectivity index (χ0) is 24.7. The van der Waals surface area contributed by atoms with Crippen molar-refractivity contribution >= 4 is 27.3 Å². The average molecular weight is 485 g/mol. The highest BCUT2D eigenvalue weighted by Gasteiger charge is 2.30. The van der Waals surface area contributed by atoms with Crippen LogP contribution in [0.25, 0.3) is 0 Å². The van der Waals surface area contributed by atoms with Gasteiger partial charge >= 0.3 is 0 Å². The van der Waals surface area contributed by atoms with E-state index in [1.54, 1.807) is 48.5 Å². The Morgan fingerprint density at radius 3 is 2.29 bits per heavy atom. The van der Waals surface area contributed by atoms with Crippen LogP contribution in [-0.2, 0) is 14.8 Å². The van der Waals surface area contributed by atoms with Crippen LogP contribution in [0.15, 0.2) is 71.6 Å². The van der Waals surface area contributed by atoms with Crippen LogP contribution < -0.4 is 23.8 Å². The first-order chi connectivity index (χ1) is 16.3. The average Bonchev–Trinajstić information content (AvgIpc) is 2.83. The van der Waals surface area contributed by atoms with Gasteiger partial charge in [-0.3, -0.25) is 9.10 Å². The zero-order valence-corrected chi connectivity index (χ0v) is 20.4. The first kappa shape index (κ1) is 24.9. The molecular formula is C25H28N2O6S. The van der Waals surface area contributed by atoms with E-state index < -0.39 is 22.5 Å². The molecule has 0 aromatic heterocycles. The van der Waals surface area contributed by atoms with Gasteiger partial charge in [0.25, 0.3) is 10.0 Å². The van der Waals surface area contributed by atoms with Crippen molar-refractivity contribution in [1.29, 1.82) is 0 Å². The maximum Gasteiger partial charge on any atom is 0.264 e. The third kappa shape index (κ3) is 5.60. The molecule has 0 unspecified atom stereocenters. The van der Waals surface area contributed by atoms with Crippen molar-refractivity contribution in [2.24, 2.45) is 0 Å². The minimum atomic E-state index is -4.13. The number of carbonyl (C=O) groups excluding carboxylic acids is 1. The van der Waals surface area contributed by atoms with Crippen LogP contribution in [0.5, 0.6) is 17.2 Å². The lowest BCUT2D eigenvalue weighted by atomic mass is 10.2. The lowest BCUT2D eigenvalue weighted by Crippen LogP contribution is -2.38. The van der Waals surface area contributed by atoms with E-state index in [1.807, 2.05) is 13.8 Å². The number of anilines is 2. The number of rotatable bonds is 10. The van der Waals surface area contributed by atoms with Gasteiger partial charge in [0, 0.05) is 6.07 Å². The number of ether oxygens (including phenoxy) is 3. The molecule has 8 nitrogen and oxygen atoms in total. The molecule has 9 heteroatoms. The summed E-state index contributed by atoms with van der Waals surface area (Å²) < 4.78 is 44.7. The van der Waals surface area contributed by atoms with Crippen molar-refractivity contribution in [3.05, 3.63) is 72.3 Å². The van der Waals surface area contributed by atoms with Crippen molar-refractivity contribution in [3.63, 3.8) is 0 Å². The zero-order valence-electron chi connectivity index (χ0n) is 19.6. The highest BCUT2D eigenvalue weighted by molar-refractivity contribution is 7.92. The van der Waals surface area contributed by atoms with E-state index in [4.69, 9.17) is 14.2 Å². The highest BCUT2D eigenvalue weighted by atomic mass is 32.2. The van der Waals surface area contributed by atoms with Gasteiger partial charge in [-0.15, -0.1) is 0 Å². The maximum absolute atomic E-state index is 13.7. The van der Waals surface area contributed by atoms with Crippen LogP contribution in [0.1, 0.15) is 12.5 Å². The number of hydrogen-bond donors (Lipinski definition) is 1. The van der Waals surface area contributed by atoms with Gasteiger partial charge < -0.3 is 19.5 Å². The van der Waals surface area contributed by atoms with Gasteiger partial charge in [-0.05, 0) is 50.2 Å². The Hall–Kier alpha value is -3.72. The van der Waals surface area contributed by atoms with Crippen molar-refractivity contribution in [2.45, 2.75) is 18.7 Å². The number of carbonyl (C=O) groups is 1. The molecule has 34 heavy (non-hydrogen) atoms. The van der Waals surface area contributed by atoms with Crippen molar-refractivity contribution in [3.8, 4) is 17.2 Å². The number of hydrogen-bond acceptors (Lipinski definition) is 6. The van der Waals surface area contributed by atoms with Crippen LogP contribution in [-0.4, -0.2) is 41.7 Å². The number of nitrogens with zero attached hydrogens (tertiary/aromatic N) is 1. The summed E-state index contributed by atoms with van der Waals surface area (Å²) in [6.45, 7) is 3.62. The van der Waals surface area contributed by atoms with E-state index in [0.717, 1.165) is 9.87 Å². The predicted octanol–water partition coefficient (Wildman–Crippen LogP) is 4.24. The quantitative estimate of drug-likeness (QED) is 0.463. The Morgan fingerprint density at radius 1 is 0.941 bits per heavy atom. The van der Waals surface area contributed by atoms with Gasteiger partial charge in [-0.25, -0.2) is 8.42 Å². The molecule has 0 saturated carbocycles. The van der Waals surface area contributed by atoms with E-state index >= 15 is 0 Å². The second kappa shape index (κ2) is 10.9. The number of amides is 1. The maximum atomic E-state index is 13.7. The van der Waals surface area contributed by atoms with Crippen molar-refractivity contribution in [1.82, 2.24) is 0 Å². The number of benzene rings is 3. The third-order valence-electron chi connectivity index (χ3n) is 5.01. The summed E-state index contributed by atoms with van der Waals surface area (Å²) in [4.78, 5) is 13.1. The topological polar surface area (TPSA) is 94.2 Å². The van der Waals surface area contributed by atoms with Gasteiger partial charge in [0.1, 0.15) is 23.8 Å². The smallest absolute Gasteiger partial charge is 0.264 e. The van der Waals surface area contributed by atoms with Crippen LogP contribution in [0, 0.1) is 6.92 Å². The summed E-state index contributed by atoms with van der Waals surface area (Å²) in [7, 11) is -1.23. The number of nitrogens with one attached hydrogen (secondary N) is 1. The van der Waals surface area contributed by atoms with Crippen molar-refractivity contribution < 1.29 is 27.4 Å². The molecule has 3 rings (SSSR count). The molecule has 0 bridgehead atoms. The second-order valence-corrected chi connectivity index (χ2v) is 9.20. The van der Waals surface area contributed by atoms with E-state index in [-0.39, 0.29) is 16.3 Å². The van der Waals surface area contributed by atoms with Gasteiger partial charge in [-0.2, -0.15) is 0 Å². The fraction of sp³-hybridized carbons (Fsp3) is 0.240. The van der Waals surface area contributed by atoms with E-state index in [9.17, 15) is 13.2 Å². The molecule has 0 aliphatic carbocycles. The van der Waals surface area contributed by atoms with E-state index in [0.29, 0.717) is 23.8 Å². The lowest BCUT2D eigenvalue weighted by molar-refractivity contribution is -0.114. The number of aryl methyl sites for hydroxylation is 1. The summed E-state index contributed by atoms with van der Waals surface area (Å²) in [5, 5.41) is 2.75. The summed E-state index contributed by atoms with van der Waals surface area (Å²) in [5.74, 6) is 0.638. The SMILES string of the molecule is CCOc1ccccc1NC(=O)CN(c1cc(OC)ccc1OC)S(=O)(=O)c1ccc(C)cc1. The molecule has 1 N–H and O–H groups in total. The molecule has 0 fully saturated rings. The van der Waals surface area contributed by atoms with Gasteiger partial charge in [0.05, 0.1) is 37.1 Å². The predicted molar refractivity (Wildman–Crippen MR) is 131 cm³/mol. The van der Waals surface area contributed by atoms with Gasteiger partial charge in [0.15, 0.2) is 0 Å². The highest BCUT2D eigenvalue weighted by Crippen LogP contribution is 2.36. The van der Waals surface area contributed by atoms with E-state index in [2.05, 4.69) is 5.32 Å². The number of sulfonamides is 1. The first-order valence-corrected chi connectivity index (χ1v) is 12.1. The van der Waals surface area contributed by atoms with E-state index in [1.165, 1.54) is 32.4 Å². The van der Waals surface area contributed by atoms with Gasteiger partial charge in [-0.1, -0.05) is 29.8 Å². The Labute approximate surface area is 200 Å². The molecule has 0 saturated heterocycles. The Morgan fingerprint density at radius 2 is 1.65 bits per heavy atom. The Balaban J connectivity index is 2.04. The minimum absolute atomic E-state index is 0.0467. The molecule has 3 aromatic carbocycles. The van der Waals surface area contributed by atoms with Gasteiger partial charge in [0.2, 0.25) is 5.91 Å².